The predicted molar refractivity (Wildman–Crippen MR) is 104 cm³/mol. The third kappa shape index (κ3) is 13.7. The standard InChI is InChI=1S/C21H43B/c1-7-8-13-16-20(3,4)18-21(5,6)17-14-11-9-10-12-15-19(2)22/h19H,7-18H2,1-6H3. The van der Waals surface area contributed by atoms with Gasteiger partial charge in [0.1, 0.15) is 0 Å². The lowest BCUT2D eigenvalue weighted by Crippen LogP contribution is -2.23. The second-order valence-corrected chi connectivity index (χ2v) is 9.25. The van der Waals surface area contributed by atoms with Crippen molar-refractivity contribution in [2.24, 2.45) is 10.8 Å². The molecule has 130 valence electrons. The van der Waals surface area contributed by atoms with E-state index in [1.807, 2.05) is 0 Å². The van der Waals surface area contributed by atoms with Crippen LogP contribution in [0.2, 0.25) is 5.82 Å². The molecule has 0 rings (SSSR count). The summed E-state index contributed by atoms with van der Waals surface area (Å²) >= 11 is 0. The molecule has 0 aliphatic rings. The van der Waals surface area contributed by atoms with Crippen molar-refractivity contribution in [3.05, 3.63) is 0 Å². The highest BCUT2D eigenvalue weighted by Gasteiger charge is 2.27. The van der Waals surface area contributed by atoms with Gasteiger partial charge in [0, 0.05) is 0 Å². The molecular weight excluding hydrogens is 263 g/mol. The van der Waals surface area contributed by atoms with E-state index in [0.717, 1.165) is 0 Å². The first-order valence-electron chi connectivity index (χ1n) is 9.94. The zero-order valence-corrected chi connectivity index (χ0v) is 16.6. The molecule has 0 bridgehead atoms. The second kappa shape index (κ2) is 11.6. The van der Waals surface area contributed by atoms with E-state index in [2.05, 4.69) is 41.5 Å². The quantitative estimate of drug-likeness (QED) is 0.227. The summed E-state index contributed by atoms with van der Waals surface area (Å²) in [7, 11) is 5.79. The fourth-order valence-electron chi connectivity index (χ4n) is 3.93. The molecule has 0 aliphatic carbocycles. The summed E-state index contributed by atoms with van der Waals surface area (Å²) in [5, 5.41) is 0. The molecule has 2 radical (unpaired) electrons. The van der Waals surface area contributed by atoms with Crippen molar-refractivity contribution in [2.45, 2.75) is 124 Å². The van der Waals surface area contributed by atoms with Gasteiger partial charge in [-0.1, -0.05) is 105 Å². The highest BCUT2D eigenvalue weighted by Crippen LogP contribution is 2.40. The third-order valence-corrected chi connectivity index (χ3v) is 4.93. The summed E-state index contributed by atoms with van der Waals surface area (Å²) in [5.74, 6) is 0.383. The Bertz CT molecular complexity index is 253. The molecular formula is C21H43B. The van der Waals surface area contributed by atoms with E-state index in [4.69, 9.17) is 7.85 Å². The minimum absolute atomic E-state index is 0.383. The molecule has 0 aliphatic heterocycles. The van der Waals surface area contributed by atoms with Crippen LogP contribution >= 0.6 is 0 Å². The van der Waals surface area contributed by atoms with Crippen molar-refractivity contribution in [3.63, 3.8) is 0 Å². The van der Waals surface area contributed by atoms with Gasteiger partial charge in [-0.15, -0.1) is 0 Å². The van der Waals surface area contributed by atoms with Crippen LogP contribution in [0.1, 0.15) is 119 Å². The average molecular weight is 306 g/mol. The number of unbranched alkanes of at least 4 members (excludes halogenated alkanes) is 6. The van der Waals surface area contributed by atoms with Crippen LogP contribution in [0.3, 0.4) is 0 Å². The van der Waals surface area contributed by atoms with Crippen LogP contribution in [0.15, 0.2) is 0 Å². The minimum atomic E-state index is 0.383. The van der Waals surface area contributed by atoms with E-state index in [9.17, 15) is 0 Å². The van der Waals surface area contributed by atoms with Crippen molar-refractivity contribution >= 4 is 7.85 Å². The Kier molecular flexibility index (Phi) is 11.6. The second-order valence-electron chi connectivity index (χ2n) is 9.25. The van der Waals surface area contributed by atoms with Crippen LogP contribution in [0, 0.1) is 10.8 Å². The molecule has 0 aromatic rings. The van der Waals surface area contributed by atoms with E-state index < -0.39 is 0 Å². The van der Waals surface area contributed by atoms with Gasteiger partial charge in [0.15, 0.2) is 0 Å². The molecule has 0 N–H and O–H groups in total. The van der Waals surface area contributed by atoms with Gasteiger partial charge in [-0.05, 0) is 30.1 Å². The summed E-state index contributed by atoms with van der Waals surface area (Å²) in [4.78, 5) is 0. The fraction of sp³-hybridized carbons (Fsp3) is 1.00. The van der Waals surface area contributed by atoms with Crippen molar-refractivity contribution in [1.82, 2.24) is 0 Å². The van der Waals surface area contributed by atoms with Gasteiger partial charge in [0.05, 0.1) is 7.85 Å². The van der Waals surface area contributed by atoms with Crippen LogP contribution in [0.25, 0.3) is 0 Å². The highest BCUT2D eigenvalue weighted by atomic mass is 14.3. The summed E-state index contributed by atoms with van der Waals surface area (Å²) in [5.41, 5.74) is 1.01. The summed E-state index contributed by atoms with van der Waals surface area (Å²) in [6.45, 7) is 14.3. The van der Waals surface area contributed by atoms with Gasteiger partial charge in [-0.3, -0.25) is 0 Å². The fourth-order valence-corrected chi connectivity index (χ4v) is 3.93. The molecule has 0 saturated heterocycles. The molecule has 0 fully saturated rings. The largest absolute Gasteiger partial charge is 0.0802 e. The lowest BCUT2D eigenvalue weighted by Gasteiger charge is -2.35. The molecule has 22 heavy (non-hydrogen) atoms. The first-order chi connectivity index (χ1) is 10.2. The van der Waals surface area contributed by atoms with Crippen molar-refractivity contribution in [1.29, 1.82) is 0 Å². The highest BCUT2D eigenvalue weighted by molar-refractivity contribution is 6.11. The van der Waals surface area contributed by atoms with E-state index in [-0.39, 0.29) is 0 Å². The summed E-state index contributed by atoms with van der Waals surface area (Å²) < 4.78 is 0. The van der Waals surface area contributed by atoms with Gasteiger partial charge in [-0.2, -0.15) is 0 Å². The molecule has 0 aromatic heterocycles. The smallest absolute Gasteiger partial charge is 0.0695 e. The van der Waals surface area contributed by atoms with Crippen LogP contribution in [0.5, 0.6) is 0 Å². The Hall–Kier alpha value is 0.0649. The zero-order valence-electron chi connectivity index (χ0n) is 16.6. The van der Waals surface area contributed by atoms with E-state index >= 15 is 0 Å². The average Bonchev–Trinajstić information content (AvgIpc) is 2.36. The van der Waals surface area contributed by atoms with Gasteiger partial charge in [-0.25, -0.2) is 0 Å². The van der Waals surface area contributed by atoms with Crippen molar-refractivity contribution in [2.75, 3.05) is 0 Å². The summed E-state index contributed by atoms with van der Waals surface area (Å²) in [6.07, 6.45) is 16.3. The minimum Gasteiger partial charge on any atom is -0.0802 e. The third-order valence-electron chi connectivity index (χ3n) is 4.93. The Labute approximate surface area is 143 Å². The Morgan fingerprint density at radius 3 is 1.68 bits per heavy atom. The molecule has 0 aromatic carbocycles. The normalized spacial score (nSPS) is 14.3. The molecule has 0 amide bonds. The summed E-state index contributed by atoms with van der Waals surface area (Å²) in [6, 6.07) is 0. The number of hydrogen-bond acceptors (Lipinski definition) is 0. The first-order valence-corrected chi connectivity index (χ1v) is 9.94. The Morgan fingerprint density at radius 2 is 1.18 bits per heavy atom. The van der Waals surface area contributed by atoms with Gasteiger partial charge < -0.3 is 0 Å². The number of rotatable bonds is 14. The monoisotopic (exact) mass is 306 g/mol. The Morgan fingerprint density at radius 1 is 0.727 bits per heavy atom. The SMILES string of the molecule is [B]C(C)CCCCCCCC(C)(C)CC(C)(C)CCCCC. The molecule has 0 spiro atoms. The van der Waals surface area contributed by atoms with Crippen LogP contribution in [-0.4, -0.2) is 7.85 Å². The van der Waals surface area contributed by atoms with Crippen molar-refractivity contribution < 1.29 is 0 Å². The van der Waals surface area contributed by atoms with Crippen LogP contribution in [0.4, 0.5) is 0 Å². The maximum Gasteiger partial charge on any atom is 0.0695 e. The van der Waals surface area contributed by atoms with E-state index in [1.54, 1.807) is 0 Å². The molecule has 0 nitrogen and oxygen atoms in total. The molecule has 0 saturated carbocycles. The lowest BCUT2D eigenvalue weighted by atomic mass is 9.70. The van der Waals surface area contributed by atoms with E-state index in [0.29, 0.717) is 16.6 Å². The Balaban J connectivity index is 3.79. The van der Waals surface area contributed by atoms with Gasteiger partial charge >= 0.3 is 0 Å². The molecule has 0 heterocycles. The molecule has 1 heteroatoms. The number of hydrogen-bond donors (Lipinski definition) is 0. The topological polar surface area (TPSA) is 0 Å². The van der Waals surface area contributed by atoms with Gasteiger partial charge in [0.25, 0.3) is 0 Å². The maximum atomic E-state index is 5.79. The first kappa shape index (κ1) is 22.1. The molecule has 1 unspecified atom stereocenters. The van der Waals surface area contributed by atoms with Crippen LogP contribution in [-0.2, 0) is 0 Å². The van der Waals surface area contributed by atoms with Gasteiger partial charge in [0.2, 0.25) is 0 Å². The van der Waals surface area contributed by atoms with Crippen molar-refractivity contribution in [3.8, 4) is 0 Å². The predicted octanol–water partition coefficient (Wildman–Crippen LogP) is 7.72. The molecule has 1 atom stereocenters. The van der Waals surface area contributed by atoms with Crippen LogP contribution < -0.4 is 0 Å². The maximum absolute atomic E-state index is 5.79. The zero-order chi connectivity index (χ0) is 17.1. The van der Waals surface area contributed by atoms with E-state index in [1.165, 1.54) is 77.0 Å². The lowest BCUT2D eigenvalue weighted by molar-refractivity contribution is 0.164.